The van der Waals surface area contributed by atoms with Gasteiger partial charge in [-0.1, -0.05) is 124 Å². The summed E-state index contributed by atoms with van der Waals surface area (Å²) in [6.07, 6.45) is 8.32. The van der Waals surface area contributed by atoms with E-state index in [1.165, 1.54) is 27.8 Å². The van der Waals surface area contributed by atoms with Gasteiger partial charge in [-0.25, -0.2) is 17.7 Å². The molecule has 32 heavy (non-hydrogen) atoms. The first-order valence-electron chi connectivity index (χ1n) is 10.3. The topological polar surface area (TPSA) is 0 Å². The van der Waals surface area contributed by atoms with Crippen molar-refractivity contribution in [1.82, 2.24) is 0 Å². The number of hydrogen-bond acceptors (Lipinski definition) is 0. The monoisotopic (exact) mass is 516 g/mol. The maximum absolute atomic E-state index is 3.86. The normalized spacial score (nSPS) is 13.2. The van der Waals surface area contributed by atoms with Crippen LogP contribution in [0, 0.1) is 12.0 Å². The van der Waals surface area contributed by atoms with Gasteiger partial charge in [-0.05, 0) is 16.7 Å². The summed E-state index contributed by atoms with van der Waals surface area (Å²) in [5, 5.41) is 0. The van der Waals surface area contributed by atoms with Crippen molar-refractivity contribution < 1.29 is 58.9 Å². The van der Waals surface area contributed by atoms with Gasteiger partial charge in [0, 0.05) is 5.41 Å². The maximum Gasteiger partial charge on any atom is 4.00 e. The molecule has 0 heterocycles. The molecule has 164 valence electrons. The van der Waals surface area contributed by atoms with Crippen LogP contribution in [0.3, 0.4) is 0 Å². The van der Waals surface area contributed by atoms with E-state index in [0.29, 0.717) is 5.92 Å². The SMILES string of the molecule is CCC(C)C1=CCC(C(c2ccccc2)(c2ccccc2)c2ccccc2)=[C-]1.[Cl-].[Cl-].[Cl-].[Ti+4]. The molecule has 1 aliphatic rings. The van der Waals surface area contributed by atoms with Crippen LogP contribution in [0.2, 0.25) is 0 Å². The Morgan fingerprint density at radius 1 is 0.719 bits per heavy atom. The summed E-state index contributed by atoms with van der Waals surface area (Å²) in [4.78, 5) is 0. The van der Waals surface area contributed by atoms with Gasteiger partial charge in [0.05, 0.1) is 0 Å². The Kier molecular flexibility index (Phi) is 13.5. The summed E-state index contributed by atoms with van der Waals surface area (Å²) in [5.41, 5.74) is 6.27. The number of rotatable bonds is 6. The fraction of sp³-hybridized carbons (Fsp3) is 0.214. The average Bonchev–Trinajstić information content (AvgIpc) is 3.26. The van der Waals surface area contributed by atoms with Gasteiger partial charge in [0.2, 0.25) is 0 Å². The van der Waals surface area contributed by atoms with Crippen molar-refractivity contribution >= 4 is 0 Å². The smallest absolute Gasteiger partial charge is 1.00 e. The molecule has 4 rings (SSSR count). The van der Waals surface area contributed by atoms with E-state index in [9.17, 15) is 0 Å². The van der Waals surface area contributed by atoms with Crippen LogP contribution in [0.4, 0.5) is 0 Å². The van der Waals surface area contributed by atoms with Gasteiger partial charge in [0.15, 0.2) is 0 Å². The first-order valence-corrected chi connectivity index (χ1v) is 10.3. The van der Waals surface area contributed by atoms with E-state index in [1.54, 1.807) is 0 Å². The van der Waals surface area contributed by atoms with Crippen LogP contribution < -0.4 is 37.2 Å². The van der Waals surface area contributed by atoms with Crippen molar-refractivity contribution in [3.63, 3.8) is 0 Å². The molecule has 0 aliphatic heterocycles. The van der Waals surface area contributed by atoms with E-state index in [-0.39, 0.29) is 64.4 Å². The van der Waals surface area contributed by atoms with Crippen molar-refractivity contribution in [2.24, 2.45) is 5.92 Å². The second-order valence-corrected chi connectivity index (χ2v) is 7.62. The summed E-state index contributed by atoms with van der Waals surface area (Å²) in [5.74, 6) is 0.539. The van der Waals surface area contributed by atoms with Gasteiger partial charge in [0.25, 0.3) is 0 Å². The molecule has 0 spiro atoms. The molecule has 4 heteroatoms. The van der Waals surface area contributed by atoms with Gasteiger partial charge < -0.3 is 37.2 Å². The van der Waals surface area contributed by atoms with Gasteiger partial charge in [-0.15, -0.1) is 0 Å². The van der Waals surface area contributed by atoms with Gasteiger partial charge in [-0.2, -0.15) is 5.57 Å². The third kappa shape index (κ3) is 5.80. The van der Waals surface area contributed by atoms with Crippen molar-refractivity contribution in [1.29, 1.82) is 0 Å². The molecule has 0 bridgehead atoms. The Bertz CT molecular complexity index is 886. The minimum Gasteiger partial charge on any atom is -1.00 e. The molecule has 0 amide bonds. The zero-order valence-electron chi connectivity index (χ0n) is 18.4. The van der Waals surface area contributed by atoms with E-state index in [2.05, 4.69) is 117 Å². The van der Waals surface area contributed by atoms with Crippen LogP contribution in [0.1, 0.15) is 43.4 Å². The third-order valence-corrected chi connectivity index (χ3v) is 6.04. The molecule has 0 N–H and O–H groups in total. The van der Waals surface area contributed by atoms with Crippen LogP contribution in [0.25, 0.3) is 0 Å². The number of benzene rings is 3. The second-order valence-electron chi connectivity index (χ2n) is 7.62. The molecular weight excluding hydrogens is 491 g/mol. The Hall–Kier alpha value is -1.28. The Balaban J connectivity index is 0.00000240. The predicted octanol–water partition coefficient (Wildman–Crippen LogP) is -1.86. The largest absolute Gasteiger partial charge is 4.00 e. The van der Waals surface area contributed by atoms with E-state index in [0.717, 1.165) is 12.8 Å². The minimum atomic E-state index is -0.324. The zero-order chi connectivity index (χ0) is 19.4. The molecule has 0 saturated carbocycles. The quantitative estimate of drug-likeness (QED) is 0.204. The van der Waals surface area contributed by atoms with E-state index >= 15 is 0 Å². The molecule has 1 unspecified atom stereocenters. The minimum absolute atomic E-state index is 0. The molecular formula is C28H27Cl3Ti. The Labute approximate surface area is 226 Å². The molecule has 0 fully saturated rings. The van der Waals surface area contributed by atoms with E-state index in [4.69, 9.17) is 0 Å². The van der Waals surface area contributed by atoms with Gasteiger partial charge in [0.1, 0.15) is 0 Å². The third-order valence-electron chi connectivity index (χ3n) is 6.04. The molecule has 0 nitrogen and oxygen atoms in total. The summed E-state index contributed by atoms with van der Waals surface area (Å²) in [6.45, 7) is 4.56. The maximum atomic E-state index is 3.86. The molecule has 1 aliphatic carbocycles. The molecule has 0 radical (unpaired) electrons. The summed E-state index contributed by atoms with van der Waals surface area (Å²) in [6, 6.07) is 32.7. The van der Waals surface area contributed by atoms with Crippen molar-refractivity contribution in [3.8, 4) is 0 Å². The fourth-order valence-electron chi connectivity index (χ4n) is 4.37. The molecule has 0 aromatic heterocycles. The van der Waals surface area contributed by atoms with E-state index < -0.39 is 0 Å². The molecule has 3 aromatic rings. The van der Waals surface area contributed by atoms with Crippen LogP contribution in [0.15, 0.2) is 108 Å². The van der Waals surface area contributed by atoms with E-state index in [1.807, 2.05) is 0 Å². The zero-order valence-corrected chi connectivity index (χ0v) is 22.2. The summed E-state index contributed by atoms with van der Waals surface area (Å²) in [7, 11) is 0. The summed E-state index contributed by atoms with van der Waals surface area (Å²) < 4.78 is 0. The summed E-state index contributed by atoms with van der Waals surface area (Å²) >= 11 is 0. The van der Waals surface area contributed by atoms with Crippen molar-refractivity contribution in [3.05, 3.63) is 131 Å². The van der Waals surface area contributed by atoms with Crippen LogP contribution in [-0.4, -0.2) is 0 Å². The first-order chi connectivity index (χ1) is 13.8. The molecule has 0 saturated heterocycles. The molecule has 1 atom stereocenters. The van der Waals surface area contributed by atoms with Crippen molar-refractivity contribution in [2.75, 3.05) is 0 Å². The average molecular weight is 518 g/mol. The van der Waals surface area contributed by atoms with Crippen LogP contribution in [-0.2, 0) is 27.1 Å². The standard InChI is InChI=1S/C28H27.3ClH.Ti/c1-3-22(2)23-19-20-27(21-23)28(24-13-7-4-8-14-24,25-15-9-5-10-16-25)26-17-11-6-12-18-26;;;;/h4-19,22H,3,20H2,1-2H3;3*1H;/q-1;;;;+4/p-3. The van der Waals surface area contributed by atoms with Crippen molar-refractivity contribution in [2.45, 2.75) is 32.1 Å². The predicted molar refractivity (Wildman–Crippen MR) is 118 cm³/mol. The second kappa shape index (κ2) is 14.1. The Morgan fingerprint density at radius 2 is 1.09 bits per heavy atom. The van der Waals surface area contributed by atoms with Gasteiger partial charge in [-0.3, -0.25) is 0 Å². The first kappa shape index (κ1) is 30.7. The van der Waals surface area contributed by atoms with Gasteiger partial charge >= 0.3 is 21.7 Å². The molecule has 3 aromatic carbocycles. The number of halogens is 3. The van der Waals surface area contributed by atoms with Crippen LogP contribution >= 0.6 is 0 Å². The van der Waals surface area contributed by atoms with Crippen LogP contribution in [0.5, 0.6) is 0 Å². The Morgan fingerprint density at radius 3 is 1.44 bits per heavy atom. The fourth-order valence-corrected chi connectivity index (χ4v) is 4.37. The number of hydrogen-bond donors (Lipinski definition) is 0. The number of allylic oxidation sites excluding steroid dienone is 4.